The summed E-state index contributed by atoms with van der Waals surface area (Å²) in [6.07, 6.45) is 5.18. The molecule has 0 bridgehead atoms. The van der Waals surface area contributed by atoms with Crippen molar-refractivity contribution in [1.29, 1.82) is 0 Å². The summed E-state index contributed by atoms with van der Waals surface area (Å²) in [5.74, 6) is 2.77. The zero-order chi connectivity index (χ0) is 17.9. The number of ether oxygens (including phenoxy) is 1. The lowest BCUT2D eigenvalue weighted by atomic mass is 10.2. The van der Waals surface area contributed by atoms with Gasteiger partial charge in [-0.3, -0.25) is 0 Å². The van der Waals surface area contributed by atoms with E-state index in [4.69, 9.17) is 16.3 Å². The number of anilines is 3. The summed E-state index contributed by atoms with van der Waals surface area (Å²) >= 11 is 6.18. The fourth-order valence-electron chi connectivity index (χ4n) is 3.76. The molecule has 6 nitrogen and oxygen atoms in total. The first-order valence-corrected chi connectivity index (χ1v) is 9.53. The number of nitrogens with zero attached hydrogens (tertiary/aromatic N) is 4. The van der Waals surface area contributed by atoms with Crippen molar-refractivity contribution < 1.29 is 4.74 Å². The van der Waals surface area contributed by atoms with Gasteiger partial charge in [-0.05, 0) is 37.5 Å². The minimum Gasteiger partial charge on any atom is -0.495 e. The average molecular weight is 374 g/mol. The lowest BCUT2D eigenvalue weighted by Crippen LogP contribution is -2.27. The van der Waals surface area contributed by atoms with Crippen LogP contribution in [0.15, 0.2) is 30.6 Å². The molecule has 7 heteroatoms. The highest BCUT2D eigenvalue weighted by atomic mass is 35.5. The zero-order valence-electron chi connectivity index (χ0n) is 15.0. The number of methoxy groups -OCH3 is 1. The first kappa shape index (κ1) is 17.2. The molecule has 1 aromatic carbocycles. The standard InChI is InChI=1S/C19H24ClN5O/c1-26-17-5-4-14(20)10-16(17)25-9-6-15(12-25)23-18-11-19(22-13-21-18)24-7-2-3-8-24/h4-5,10-11,13,15H,2-3,6-9,12H2,1H3,(H,21,22,23). The number of aromatic nitrogens is 2. The highest BCUT2D eigenvalue weighted by Gasteiger charge is 2.25. The third-order valence-electron chi connectivity index (χ3n) is 5.10. The molecule has 26 heavy (non-hydrogen) atoms. The Balaban J connectivity index is 1.43. The van der Waals surface area contributed by atoms with Gasteiger partial charge in [0.15, 0.2) is 0 Å². The molecule has 1 unspecified atom stereocenters. The molecule has 1 aromatic heterocycles. The molecule has 2 aromatic rings. The molecular weight excluding hydrogens is 350 g/mol. The second-order valence-corrected chi connectivity index (χ2v) is 7.28. The SMILES string of the molecule is COc1ccc(Cl)cc1N1CCC(Nc2cc(N3CCCC3)ncn2)C1. The maximum absolute atomic E-state index is 6.18. The maximum Gasteiger partial charge on any atom is 0.142 e. The Morgan fingerprint density at radius 1 is 1.12 bits per heavy atom. The number of nitrogens with one attached hydrogen (secondary N) is 1. The van der Waals surface area contributed by atoms with E-state index in [2.05, 4.69) is 31.2 Å². The van der Waals surface area contributed by atoms with Crippen LogP contribution >= 0.6 is 11.6 Å². The van der Waals surface area contributed by atoms with Gasteiger partial charge in [-0.1, -0.05) is 11.6 Å². The van der Waals surface area contributed by atoms with E-state index < -0.39 is 0 Å². The molecule has 0 amide bonds. The number of halogens is 1. The van der Waals surface area contributed by atoms with Crippen molar-refractivity contribution in [3.8, 4) is 5.75 Å². The van der Waals surface area contributed by atoms with Gasteiger partial charge in [0.05, 0.1) is 12.8 Å². The first-order chi connectivity index (χ1) is 12.7. The highest BCUT2D eigenvalue weighted by Crippen LogP contribution is 2.33. The molecule has 0 spiro atoms. The lowest BCUT2D eigenvalue weighted by molar-refractivity contribution is 0.415. The summed E-state index contributed by atoms with van der Waals surface area (Å²) in [4.78, 5) is 13.5. The van der Waals surface area contributed by atoms with Crippen molar-refractivity contribution in [2.45, 2.75) is 25.3 Å². The molecule has 3 heterocycles. The molecule has 138 valence electrons. The Morgan fingerprint density at radius 3 is 2.77 bits per heavy atom. The monoisotopic (exact) mass is 373 g/mol. The van der Waals surface area contributed by atoms with Gasteiger partial charge in [0.2, 0.25) is 0 Å². The Kier molecular flexibility index (Phi) is 5.02. The first-order valence-electron chi connectivity index (χ1n) is 9.15. The lowest BCUT2D eigenvalue weighted by Gasteiger charge is -2.22. The second kappa shape index (κ2) is 7.58. The molecule has 0 aliphatic carbocycles. The Bertz CT molecular complexity index is 765. The van der Waals surface area contributed by atoms with E-state index in [-0.39, 0.29) is 0 Å². The van der Waals surface area contributed by atoms with Crippen LogP contribution < -0.4 is 19.9 Å². The average Bonchev–Trinajstić information content (AvgIpc) is 3.34. The molecule has 0 radical (unpaired) electrons. The normalized spacial score (nSPS) is 19.8. The van der Waals surface area contributed by atoms with Crippen LogP contribution in [0.4, 0.5) is 17.3 Å². The second-order valence-electron chi connectivity index (χ2n) is 6.85. The summed E-state index contributed by atoms with van der Waals surface area (Å²) in [5.41, 5.74) is 1.05. The minimum atomic E-state index is 0.333. The maximum atomic E-state index is 6.18. The fraction of sp³-hybridized carbons (Fsp3) is 0.474. The molecule has 4 rings (SSSR count). The van der Waals surface area contributed by atoms with Gasteiger partial charge in [-0.25, -0.2) is 9.97 Å². The van der Waals surface area contributed by atoms with Gasteiger partial charge in [0.25, 0.3) is 0 Å². The van der Waals surface area contributed by atoms with Crippen LogP contribution in [0.2, 0.25) is 5.02 Å². The van der Waals surface area contributed by atoms with Crippen LogP contribution in [0.25, 0.3) is 0 Å². The van der Waals surface area contributed by atoms with Crippen LogP contribution in [0, 0.1) is 0 Å². The topological polar surface area (TPSA) is 53.5 Å². The number of benzene rings is 1. The molecule has 2 aliphatic heterocycles. The predicted octanol–water partition coefficient (Wildman–Crippen LogP) is 3.43. The van der Waals surface area contributed by atoms with Gasteiger partial charge in [0, 0.05) is 43.3 Å². The van der Waals surface area contributed by atoms with Crippen LogP contribution in [0.5, 0.6) is 5.75 Å². The number of hydrogen-bond donors (Lipinski definition) is 1. The van der Waals surface area contributed by atoms with Gasteiger partial charge in [-0.2, -0.15) is 0 Å². The Morgan fingerprint density at radius 2 is 1.96 bits per heavy atom. The van der Waals surface area contributed by atoms with Crippen LogP contribution in [0.3, 0.4) is 0 Å². The van der Waals surface area contributed by atoms with Crippen molar-refractivity contribution in [2.75, 3.05) is 48.4 Å². The predicted molar refractivity (Wildman–Crippen MR) is 106 cm³/mol. The van der Waals surface area contributed by atoms with Gasteiger partial charge in [-0.15, -0.1) is 0 Å². The summed E-state index contributed by atoms with van der Waals surface area (Å²) in [5, 5.41) is 4.29. The minimum absolute atomic E-state index is 0.333. The van der Waals surface area contributed by atoms with Crippen LogP contribution in [-0.2, 0) is 0 Å². The quantitative estimate of drug-likeness (QED) is 0.866. The number of hydrogen-bond acceptors (Lipinski definition) is 6. The van der Waals surface area contributed by atoms with Gasteiger partial charge < -0.3 is 19.9 Å². The third-order valence-corrected chi connectivity index (χ3v) is 5.34. The van der Waals surface area contributed by atoms with E-state index in [1.807, 2.05) is 18.2 Å². The fourth-order valence-corrected chi connectivity index (χ4v) is 3.93. The largest absolute Gasteiger partial charge is 0.495 e. The summed E-state index contributed by atoms with van der Waals surface area (Å²) in [7, 11) is 1.69. The van der Waals surface area contributed by atoms with E-state index in [1.165, 1.54) is 12.8 Å². The molecule has 2 aliphatic rings. The van der Waals surface area contributed by atoms with Crippen molar-refractivity contribution in [1.82, 2.24) is 9.97 Å². The van der Waals surface area contributed by atoms with Crippen LogP contribution in [0.1, 0.15) is 19.3 Å². The molecule has 2 fully saturated rings. The smallest absolute Gasteiger partial charge is 0.142 e. The van der Waals surface area contributed by atoms with E-state index >= 15 is 0 Å². The van der Waals surface area contributed by atoms with Crippen molar-refractivity contribution >= 4 is 28.9 Å². The van der Waals surface area contributed by atoms with Crippen LogP contribution in [-0.4, -0.2) is 49.3 Å². The van der Waals surface area contributed by atoms with Crippen molar-refractivity contribution in [3.63, 3.8) is 0 Å². The molecular formula is C19H24ClN5O. The summed E-state index contributed by atoms with van der Waals surface area (Å²) in [6.45, 7) is 4.02. The molecule has 1 atom stereocenters. The van der Waals surface area contributed by atoms with Gasteiger partial charge >= 0.3 is 0 Å². The Hall–Kier alpha value is -2.21. The van der Waals surface area contributed by atoms with E-state index in [1.54, 1.807) is 13.4 Å². The van der Waals surface area contributed by atoms with E-state index in [9.17, 15) is 0 Å². The summed E-state index contributed by atoms with van der Waals surface area (Å²) in [6, 6.07) is 8.15. The Labute approximate surface area is 159 Å². The number of rotatable bonds is 5. The van der Waals surface area contributed by atoms with Crippen molar-refractivity contribution in [2.24, 2.45) is 0 Å². The van der Waals surface area contributed by atoms with E-state index in [0.29, 0.717) is 6.04 Å². The zero-order valence-corrected chi connectivity index (χ0v) is 15.7. The van der Waals surface area contributed by atoms with Gasteiger partial charge in [0.1, 0.15) is 23.7 Å². The highest BCUT2D eigenvalue weighted by molar-refractivity contribution is 6.30. The third kappa shape index (κ3) is 3.65. The molecule has 1 N–H and O–H groups in total. The molecule has 0 saturated carbocycles. The summed E-state index contributed by atoms with van der Waals surface area (Å²) < 4.78 is 5.49. The molecule has 2 saturated heterocycles. The van der Waals surface area contributed by atoms with E-state index in [0.717, 1.165) is 60.7 Å². The van der Waals surface area contributed by atoms with Crippen molar-refractivity contribution in [3.05, 3.63) is 35.6 Å².